The minimum Gasteiger partial charge on any atom is -0.506 e. The average Bonchev–Trinajstić information content (AvgIpc) is 2.40. The summed E-state index contributed by atoms with van der Waals surface area (Å²) in [6.45, 7) is 5.25. The zero-order chi connectivity index (χ0) is 16.9. The lowest BCUT2D eigenvalue weighted by Gasteiger charge is -2.20. The van der Waals surface area contributed by atoms with Crippen LogP contribution >= 0.6 is 0 Å². The van der Waals surface area contributed by atoms with Crippen LogP contribution in [0.2, 0.25) is 0 Å². The van der Waals surface area contributed by atoms with Gasteiger partial charge in [-0.2, -0.15) is 0 Å². The molecule has 122 valence electrons. The maximum Gasteiger partial charge on any atom is 0.412 e. The smallest absolute Gasteiger partial charge is 0.412 e. The Morgan fingerprint density at radius 3 is 2.45 bits per heavy atom. The average molecular weight is 310 g/mol. The number of hydrogen-bond acceptors (Lipinski definition) is 6. The molecule has 1 aromatic carbocycles. The molecule has 0 fully saturated rings. The minimum absolute atomic E-state index is 0.0466. The summed E-state index contributed by atoms with van der Waals surface area (Å²) in [5.74, 6) is -1.35. The number of phenolic OH excluding ortho intramolecular Hbond substituents is 1. The van der Waals surface area contributed by atoms with Crippen LogP contribution in [0.25, 0.3) is 0 Å². The van der Waals surface area contributed by atoms with Crippen LogP contribution < -0.4 is 11.1 Å². The van der Waals surface area contributed by atoms with E-state index in [9.17, 15) is 14.7 Å². The van der Waals surface area contributed by atoms with Gasteiger partial charge in [-0.05, 0) is 38.5 Å². The molecule has 0 saturated carbocycles. The van der Waals surface area contributed by atoms with Gasteiger partial charge < -0.3 is 20.3 Å². The van der Waals surface area contributed by atoms with Gasteiger partial charge in [0, 0.05) is 6.54 Å². The fraction of sp³-hybridized carbons (Fsp3) is 0.467. The molecule has 1 unspecified atom stereocenters. The molecular weight excluding hydrogens is 288 g/mol. The van der Waals surface area contributed by atoms with E-state index in [1.54, 1.807) is 26.8 Å². The van der Waals surface area contributed by atoms with Crippen molar-refractivity contribution in [3.8, 4) is 5.75 Å². The van der Waals surface area contributed by atoms with E-state index in [1.807, 2.05) is 0 Å². The van der Waals surface area contributed by atoms with Crippen molar-refractivity contribution in [1.82, 2.24) is 0 Å². The summed E-state index contributed by atoms with van der Waals surface area (Å²) in [5, 5.41) is 12.4. The largest absolute Gasteiger partial charge is 0.506 e. The van der Waals surface area contributed by atoms with Gasteiger partial charge in [-0.15, -0.1) is 0 Å². The molecule has 1 amide bonds. The molecule has 0 aliphatic rings. The van der Waals surface area contributed by atoms with Crippen LogP contribution in [-0.4, -0.2) is 36.4 Å². The van der Waals surface area contributed by atoms with Gasteiger partial charge in [0.15, 0.2) is 0 Å². The van der Waals surface area contributed by atoms with Crippen LogP contribution in [0.4, 0.5) is 10.5 Å². The molecule has 1 atom stereocenters. The van der Waals surface area contributed by atoms with Gasteiger partial charge in [0.25, 0.3) is 0 Å². The number of aromatic hydroxyl groups is 1. The Morgan fingerprint density at radius 2 is 2.00 bits per heavy atom. The molecule has 7 heteroatoms. The van der Waals surface area contributed by atoms with Crippen LogP contribution in [-0.2, 0) is 14.3 Å². The first-order chi connectivity index (χ1) is 10.2. The zero-order valence-corrected chi connectivity index (χ0v) is 13.2. The van der Waals surface area contributed by atoms with Crippen molar-refractivity contribution < 1.29 is 24.2 Å². The lowest BCUT2D eigenvalue weighted by molar-refractivity contribution is -0.142. The molecule has 4 N–H and O–H groups in total. The van der Waals surface area contributed by atoms with Gasteiger partial charge in [0.05, 0.1) is 18.7 Å². The highest BCUT2D eigenvalue weighted by atomic mass is 16.6. The number of carbonyl (C=O) groups is 2. The Kier molecular flexibility index (Phi) is 5.76. The number of esters is 1. The molecule has 0 saturated heterocycles. The van der Waals surface area contributed by atoms with E-state index in [0.29, 0.717) is 5.56 Å². The lowest BCUT2D eigenvalue weighted by Crippen LogP contribution is -2.27. The number of nitrogens with two attached hydrogens (primary N) is 1. The van der Waals surface area contributed by atoms with Gasteiger partial charge in [0.2, 0.25) is 0 Å². The number of benzene rings is 1. The first-order valence-corrected chi connectivity index (χ1v) is 6.78. The third kappa shape index (κ3) is 4.92. The number of methoxy groups -OCH3 is 1. The minimum atomic E-state index is -0.682. The number of amides is 1. The van der Waals surface area contributed by atoms with Crippen LogP contribution in [0, 0.1) is 0 Å². The SMILES string of the molecule is COC(=O)C(CN)c1ccc(NC(=O)OC(C)(C)C)c(O)c1. The summed E-state index contributed by atoms with van der Waals surface area (Å²) >= 11 is 0. The molecule has 1 rings (SSSR count). The number of rotatable bonds is 4. The van der Waals surface area contributed by atoms with Crippen molar-refractivity contribution in [3.05, 3.63) is 23.8 Å². The predicted octanol–water partition coefficient (Wildman–Crippen LogP) is 1.95. The van der Waals surface area contributed by atoms with Gasteiger partial charge >= 0.3 is 12.1 Å². The van der Waals surface area contributed by atoms with E-state index >= 15 is 0 Å². The molecule has 0 radical (unpaired) electrons. The third-order valence-corrected chi connectivity index (χ3v) is 2.78. The maximum atomic E-state index is 11.7. The molecular formula is C15H22N2O5. The van der Waals surface area contributed by atoms with Gasteiger partial charge in [-0.3, -0.25) is 10.1 Å². The number of anilines is 1. The monoisotopic (exact) mass is 310 g/mol. The van der Waals surface area contributed by atoms with E-state index in [0.717, 1.165) is 0 Å². The zero-order valence-electron chi connectivity index (χ0n) is 13.2. The fourth-order valence-electron chi connectivity index (χ4n) is 1.80. The molecule has 0 heterocycles. The topological polar surface area (TPSA) is 111 Å². The Bertz CT molecular complexity index is 551. The van der Waals surface area contributed by atoms with Crippen molar-refractivity contribution in [2.45, 2.75) is 32.3 Å². The number of carbonyl (C=O) groups excluding carboxylic acids is 2. The molecule has 7 nitrogen and oxygen atoms in total. The highest BCUT2D eigenvalue weighted by Crippen LogP contribution is 2.28. The first-order valence-electron chi connectivity index (χ1n) is 6.78. The molecule has 1 aromatic rings. The number of ether oxygens (including phenoxy) is 2. The highest BCUT2D eigenvalue weighted by molar-refractivity contribution is 5.87. The maximum absolute atomic E-state index is 11.7. The third-order valence-electron chi connectivity index (χ3n) is 2.78. The Morgan fingerprint density at radius 1 is 1.36 bits per heavy atom. The van der Waals surface area contributed by atoms with Crippen LogP contribution in [0.3, 0.4) is 0 Å². The summed E-state index contributed by atoms with van der Waals surface area (Å²) in [6, 6.07) is 4.42. The van der Waals surface area contributed by atoms with E-state index in [4.69, 9.17) is 10.5 Å². The number of phenols is 1. The fourth-order valence-corrected chi connectivity index (χ4v) is 1.80. The number of hydrogen-bond donors (Lipinski definition) is 3. The number of nitrogens with one attached hydrogen (secondary N) is 1. The lowest BCUT2D eigenvalue weighted by atomic mass is 9.98. The van der Waals surface area contributed by atoms with Crippen LogP contribution in [0.5, 0.6) is 5.75 Å². The molecule has 0 bridgehead atoms. The van der Waals surface area contributed by atoms with Crippen molar-refractivity contribution in [2.75, 3.05) is 19.0 Å². The second-order valence-corrected chi connectivity index (χ2v) is 5.71. The molecule has 0 aromatic heterocycles. The molecule has 0 aliphatic heterocycles. The Balaban J connectivity index is 2.90. The van der Waals surface area contributed by atoms with Crippen molar-refractivity contribution in [1.29, 1.82) is 0 Å². The van der Waals surface area contributed by atoms with Crippen molar-refractivity contribution in [2.24, 2.45) is 5.73 Å². The standard InChI is InChI=1S/C15H22N2O5/c1-15(2,3)22-14(20)17-11-6-5-9(7-12(11)18)10(8-16)13(19)21-4/h5-7,10,18H,8,16H2,1-4H3,(H,17,20). The summed E-state index contributed by atoms with van der Waals surface area (Å²) in [7, 11) is 1.27. The quantitative estimate of drug-likeness (QED) is 0.579. The van der Waals surface area contributed by atoms with Crippen LogP contribution in [0.1, 0.15) is 32.3 Å². The second kappa shape index (κ2) is 7.13. The summed E-state index contributed by atoms with van der Waals surface area (Å²) < 4.78 is 9.75. The Labute approximate surface area is 129 Å². The van der Waals surface area contributed by atoms with E-state index in [-0.39, 0.29) is 18.0 Å². The predicted molar refractivity (Wildman–Crippen MR) is 81.8 cm³/mol. The summed E-state index contributed by atoms with van der Waals surface area (Å²) in [4.78, 5) is 23.3. The molecule has 22 heavy (non-hydrogen) atoms. The van der Waals surface area contributed by atoms with E-state index < -0.39 is 23.6 Å². The van der Waals surface area contributed by atoms with Gasteiger partial charge in [-0.1, -0.05) is 6.07 Å². The van der Waals surface area contributed by atoms with E-state index in [1.165, 1.54) is 19.2 Å². The van der Waals surface area contributed by atoms with Crippen molar-refractivity contribution >= 4 is 17.7 Å². The summed E-state index contributed by atoms with van der Waals surface area (Å²) in [6.07, 6.45) is -0.682. The first kappa shape index (κ1) is 17.8. The Hall–Kier alpha value is -2.28. The second-order valence-electron chi connectivity index (χ2n) is 5.71. The van der Waals surface area contributed by atoms with Crippen LogP contribution in [0.15, 0.2) is 18.2 Å². The molecule has 0 spiro atoms. The van der Waals surface area contributed by atoms with Gasteiger partial charge in [0.1, 0.15) is 11.4 Å². The summed E-state index contributed by atoms with van der Waals surface area (Å²) in [5.41, 5.74) is 5.58. The van der Waals surface area contributed by atoms with Gasteiger partial charge in [-0.25, -0.2) is 4.79 Å². The van der Waals surface area contributed by atoms with E-state index in [2.05, 4.69) is 10.1 Å². The van der Waals surface area contributed by atoms with Crippen molar-refractivity contribution in [3.63, 3.8) is 0 Å². The highest BCUT2D eigenvalue weighted by Gasteiger charge is 2.22. The molecule has 0 aliphatic carbocycles. The normalized spacial score (nSPS) is 12.4.